The van der Waals surface area contributed by atoms with Crippen LogP contribution >= 0.6 is 0 Å². The maximum atomic E-state index is 12.4. The molecule has 0 saturated heterocycles. The van der Waals surface area contributed by atoms with Gasteiger partial charge in [-0.3, -0.25) is 0 Å². The number of carbonyl (C=O) groups excluding carboxylic acids is 2. The number of aliphatic imine (C=N–C) groups is 1. The minimum absolute atomic E-state index is 0.175. The van der Waals surface area contributed by atoms with Gasteiger partial charge in [-0.2, -0.15) is 0 Å². The van der Waals surface area contributed by atoms with Crippen LogP contribution in [0.2, 0.25) is 0 Å². The Morgan fingerprint density at radius 2 is 1.38 bits per heavy atom. The first-order valence-electron chi connectivity index (χ1n) is 10.7. The van der Waals surface area contributed by atoms with E-state index in [1.165, 1.54) is 0 Å². The molecule has 0 amide bonds. The lowest BCUT2D eigenvalue weighted by Crippen LogP contribution is -2.08. The van der Waals surface area contributed by atoms with Crippen molar-refractivity contribution in [2.24, 2.45) is 4.99 Å². The highest BCUT2D eigenvalue weighted by molar-refractivity contribution is 6.13. The van der Waals surface area contributed by atoms with Crippen LogP contribution in [0.15, 0.2) is 120 Å². The number of cyclic esters (lactones) is 1. The van der Waals surface area contributed by atoms with Crippen LogP contribution in [0.25, 0.3) is 17.2 Å². The van der Waals surface area contributed by atoms with Gasteiger partial charge in [0.15, 0.2) is 5.70 Å². The number of carbonyl (C=O) groups is 2. The summed E-state index contributed by atoms with van der Waals surface area (Å²) in [5.41, 5.74) is 4.17. The summed E-state index contributed by atoms with van der Waals surface area (Å²) in [5, 5.41) is 0. The Morgan fingerprint density at radius 3 is 2.12 bits per heavy atom. The number of esters is 2. The second kappa shape index (κ2) is 9.38. The fraction of sp³-hybridized carbons (Fsp3) is 0. The lowest BCUT2D eigenvalue weighted by atomic mass is 10.0. The van der Waals surface area contributed by atoms with Crippen molar-refractivity contribution in [1.82, 2.24) is 0 Å². The fourth-order valence-electron chi connectivity index (χ4n) is 3.53. The summed E-state index contributed by atoms with van der Waals surface area (Å²) in [6.45, 7) is 0. The fourth-order valence-corrected chi connectivity index (χ4v) is 3.53. The van der Waals surface area contributed by atoms with Crippen molar-refractivity contribution >= 4 is 23.9 Å². The molecule has 34 heavy (non-hydrogen) atoms. The summed E-state index contributed by atoms with van der Waals surface area (Å²) in [7, 11) is 0. The van der Waals surface area contributed by atoms with E-state index in [1.807, 2.05) is 60.7 Å². The maximum Gasteiger partial charge on any atom is 0.363 e. The summed E-state index contributed by atoms with van der Waals surface area (Å²) in [6, 6.07) is 33.3. The van der Waals surface area contributed by atoms with Gasteiger partial charge in [0.2, 0.25) is 5.90 Å². The third kappa shape index (κ3) is 4.69. The highest BCUT2D eigenvalue weighted by Crippen LogP contribution is 2.24. The van der Waals surface area contributed by atoms with E-state index in [-0.39, 0.29) is 11.6 Å². The van der Waals surface area contributed by atoms with Gasteiger partial charge in [0, 0.05) is 5.56 Å². The Labute approximate surface area is 196 Å². The molecule has 4 aromatic carbocycles. The molecule has 4 aromatic rings. The van der Waals surface area contributed by atoms with Gasteiger partial charge in [-0.05, 0) is 59.2 Å². The molecule has 0 atom stereocenters. The number of rotatable bonds is 5. The molecular formula is C29H19NO4. The molecule has 0 aliphatic carbocycles. The Hall–Kier alpha value is -4.77. The number of ether oxygens (including phenoxy) is 2. The first kappa shape index (κ1) is 21.1. The van der Waals surface area contributed by atoms with Crippen molar-refractivity contribution in [2.75, 3.05) is 0 Å². The van der Waals surface area contributed by atoms with Gasteiger partial charge >= 0.3 is 11.9 Å². The van der Waals surface area contributed by atoms with Crippen LogP contribution in [0.5, 0.6) is 5.75 Å². The topological polar surface area (TPSA) is 65.0 Å². The van der Waals surface area contributed by atoms with Crippen molar-refractivity contribution in [3.63, 3.8) is 0 Å². The van der Waals surface area contributed by atoms with Gasteiger partial charge in [-0.25, -0.2) is 14.6 Å². The van der Waals surface area contributed by atoms with Crippen molar-refractivity contribution in [3.8, 4) is 16.9 Å². The Kier molecular flexibility index (Phi) is 5.82. The number of benzene rings is 4. The van der Waals surface area contributed by atoms with Crippen LogP contribution in [0.4, 0.5) is 0 Å². The number of hydrogen-bond acceptors (Lipinski definition) is 5. The Morgan fingerprint density at radius 1 is 0.735 bits per heavy atom. The zero-order chi connectivity index (χ0) is 23.3. The van der Waals surface area contributed by atoms with Crippen molar-refractivity contribution in [3.05, 3.63) is 132 Å². The van der Waals surface area contributed by atoms with Crippen LogP contribution in [-0.4, -0.2) is 17.8 Å². The van der Waals surface area contributed by atoms with E-state index in [0.29, 0.717) is 22.4 Å². The second-order valence-corrected chi connectivity index (χ2v) is 7.61. The van der Waals surface area contributed by atoms with Crippen LogP contribution in [-0.2, 0) is 9.53 Å². The molecule has 0 bridgehead atoms. The Bertz CT molecular complexity index is 1410. The number of hydrogen-bond donors (Lipinski definition) is 0. The van der Waals surface area contributed by atoms with E-state index >= 15 is 0 Å². The summed E-state index contributed by atoms with van der Waals surface area (Å²) < 4.78 is 10.8. The molecule has 1 heterocycles. The van der Waals surface area contributed by atoms with E-state index in [4.69, 9.17) is 9.47 Å². The van der Waals surface area contributed by atoms with Gasteiger partial charge in [0.1, 0.15) is 5.75 Å². The van der Waals surface area contributed by atoms with E-state index in [0.717, 1.165) is 11.1 Å². The zero-order valence-corrected chi connectivity index (χ0v) is 18.0. The molecule has 0 saturated carbocycles. The van der Waals surface area contributed by atoms with Crippen molar-refractivity contribution < 1.29 is 19.1 Å². The summed E-state index contributed by atoms with van der Waals surface area (Å²) in [4.78, 5) is 29.1. The zero-order valence-electron chi connectivity index (χ0n) is 18.0. The largest absolute Gasteiger partial charge is 0.423 e. The molecular weight excluding hydrogens is 426 g/mol. The summed E-state index contributed by atoms with van der Waals surface area (Å²) in [5.74, 6) is -0.364. The van der Waals surface area contributed by atoms with E-state index in [9.17, 15) is 9.59 Å². The van der Waals surface area contributed by atoms with E-state index in [2.05, 4.69) is 4.99 Å². The van der Waals surface area contributed by atoms with Crippen LogP contribution in [0.1, 0.15) is 21.5 Å². The minimum atomic E-state index is -0.534. The highest BCUT2D eigenvalue weighted by atomic mass is 16.6. The minimum Gasteiger partial charge on any atom is -0.423 e. The maximum absolute atomic E-state index is 12.4. The van der Waals surface area contributed by atoms with E-state index in [1.54, 1.807) is 54.6 Å². The molecule has 0 fully saturated rings. The third-order valence-electron chi connectivity index (χ3n) is 5.24. The summed E-state index contributed by atoms with van der Waals surface area (Å²) >= 11 is 0. The molecule has 1 aliphatic rings. The van der Waals surface area contributed by atoms with Gasteiger partial charge in [0.05, 0.1) is 5.56 Å². The van der Waals surface area contributed by atoms with Gasteiger partial charge in [-0.1, -0.05) is 72.8 Å². The predicted octanol–water partition coefficient (Wildman–Crippen LogP) is 5.92. The quantitative estimate of drug-likeness (QED) is 0.217. The predicted molar refractivity (Wildman–Crippen MR) is 130 cm³/mol. The van der Waals surface area contributed by atoms with Crippen molar-refractivity contribution in [1.29, 1.82) is 0 Å². The molecule has 0 aromatic heterocycles. The SMILES string of the molecule is O=C1OC(c2ccc(-c3ccccc3)cc2)=N/C1=C\c1cccc(OC(=O)c2ccccc2)c1. The third-order valence-corrected chi connectivity index (χ3v) is 5.24. The molecule has 5 rings (SSSR count). The standard InChI is InChI=1S/C29H19NO4/c31-28(24-11-5-2-6-12-24)33-25-13-7-8-20(18-25)19-26-29(32)34-27(30-26)23-16-14-22(15-17-23)21-9-3-1-4-10-21/h1-19H/b26-19-. The highest BCUT2D eigenvalue weighted by Gasteiger charge is 2.24. The average Bonchev–Trinajstić information content (AvgIpc) is 3.25. The van der Waals surface area contributed by atoms with E-state index < -0.39 is 11.9 Å². The van der Waals surface area contributed by atoms with Crippen LogP contribution < -0.4 is 4.74 Å². The molecule has 1 aliphatic heterocycles. The molecule has 164 valence electrons. The molecule has 0 N–H and O–H groups in total. The second-order valence-electron chi connectivity index (χ2n) is 7.61. The molecule has 0 unspecified atom stereocenters. The number of nitrogens with zero attached hydrogens (tertiary/aromatic N) is 1. The van der Waals surface area contributed by atoms with Gasteiger partial charge < -0.3 is 9.47 Å². The smallest absolute Gasteiger partial charge is 0.363 e. The Balaban J connectivity index is 1.34. The first-order valence-corrected chi connectivity index (χ1v) is 10.7. The molecule has 0 radical (unpaired) electrons. The molecule has 5 nitrogen and oxygen atoms in total. The first-order chi connectivity index (χ1) is 16.7. The molecule has 5 heteroatoms. The van der Waals surface area contributed by atoms with Crippen molar-refractivity contribution in [2.45, 2.75) is 0 Å². The molecule has 0 spiro atoms. The normalized spacial score (nSPS) is 13.9. The average molecular weight is 445 g/mol. The summed E-state index contributed by atoms with van der Waals surface area (Å²) in [6.07, 6.45) is 1.60. The van der Waals surface area contributed by atoms with Gasteiger partial charge in [-0.15, -0.1) is 0 Å². The van der Waals surface area contributed by atoms with Crippen LogP contribution in [0.3, 0.4) is 0 Å². The monoisotopic (exact) mass is 445 g/mol. The van der Waals surface area contributed by atoms with Gasteiger partial charge in [0.25, 0.3) is 0 Å². The van der Waals surface area contributed by atoms with Crippen LogP contribution in [0, 0.1) is 0 Å². The lowest BCUT2D eigenvalue weighted by Gasteiger charge is -2.05. The lowest BCUT2D eigenvalue weighted by molar-refractivity contribution is -0.129.